The van der Waals surface area contributed by atoms with Gasteiger partial charge in [0.05, 0.1) is 0 Å². The van der Waals surface area contributed by atoms with Gasteiger partial charge in [-0.25, -0.2) is 0 Å². The maximum Gasteiger partial charge on any atom is -0.0111 e. The molecule has 0 heterocycles. The van der Waals surface area contributed by atoms with Crippen molar-refractivity contribution >= 4 is 0 Å². The largest absolute Gasteiger partial charge is 0.0998 e. The predicted molar refractivity (Wildman–Crippen MR) is 52.6 cm³/mol. The van der Waals surface area contributed by atoms with Crippen molar-refractivity contribution in [3.05, 3.63) is 23.8 Å². The fourth-order valence-corrected chi connectivity index (χ4v) is 1.12. The van der Waals surface area contributed by atoms with Gasteiger partial charge in [-0.05, 0) is 25.7 Å². The van der Waals surface area contributed by atoms with E-state index in [4.69, 9.17) is 0 Å². The van der Waals surface area contributed by atoms with Gasteiger partial charge in [0.15, 0.2) is 0 Å². The molecule has 0 radical (unpaired) electrons. The van der Waals surface area contributed by atoms with E-state index in [1.54, 1.807) is 0 Å². The van der Waals surface area contributed by atoms with E-state index in [9.17, 15) is 0 Å². The van der Waals surface area contributed by atoms with E-state index in [0.717, 1.165) is 12.8 Å². The van der Waals surface area contributed by atoms with E-state index < -0.39 is 0 Å². The van der Waals surface area contributed by atoms with Gasteiger partial charge < -0.3 is 0 Å². The first-order chi connectivity index (χ1) is 5.07. The third-order valence-corrected chi connectivity index (χ3v) is 1.71. The minimum atomic E-state index is 0.673. The summed E-state index contributed by atoms with van der Waals surface area (Å²) in [5.41, 5.74) is 2.79. The van der Waals surface area contributed by atoms with Crippen molar-refractivity contribution in [1.29, 1.82) is 0 Å². The summed E-state index contributed by atoms with van der Waals surface area (Å²) in [6.07, 6.45) is 4.53. The molecule has 0 nitrogen and oxygen atoms in total. The van der Waals surface area contributed by atoms with Gasteiger partial charge in [0.25, 0.3) is 0 Å². The third kappa shape index (κ3) is 4.83. The maximum atomic E-state index is 3.92. The van der Waals surface area contributed by atoms with E-state index in [1.165, 1.54) is 11.1 Å². The van der Waals surface area contributed by atoms with Crippen LogP contribution in [-0.2, 0) is 0 Å². The van der Waals surface area contributed by atoms with Crippen LogP contribution in [0.2, 0.25) is 0 Å². The number of hydrogen-bond donors (Lipinski definition) is 0. The molecule has 0 rings (SSSR count). The average Bonchev–Trinajstić information content (AvgIpc) is 1.86. The highest BCUT2D eigenvalue weighted by Crippen LogP contribution is 2.18. The Morgan fingerprint density at radius 3 is 2.27 bits per heavy atom. The summed E-state index contributed by atoms with van der Waals surface area (Å²) in [4.78, 5) is 0. The Morgan fingerprint density at radius 1 is 1.45 bits per heavy atom. The number of hydrogen-bond acceptors (Lipinski definition) is 0. The summed E-state index contributed by atoms with van der Waals surface area (Å²) in [5.74, 6) is 0.673. The van der Waals surface area contributed by atoms with Gasteiger partial charge >= 0.3 is 0 Å². The van der Waals surface area contributed by atoms with Gasteiger partial charge in [0.2, 0.25) is 0 Å². The zero-order valence-corrected chi connectivity index (χ0v) is 8.28. The minimum absolute atomic E-state index is 0.673. The van der Waals surface area contributed by atoms with E-state index in [0.29, 0.717) is 5.92 Å². The van der Waals surface area contributed by atoms with Gasteiger partial charge in [-0.15, -0.1) is 0 Å². The second kappa shape index (κ2) is 5.17. The molecule has 0 saturated carbocycles. The molecule has 0 aliphatic carbocycles. The summed E-state index contributed by atoms with van der Waals surface area (Å²) < 4.78 is 0. The van der Waals surface area contributed by atoms with E-state index >= 15 is 0 Å². The van der Waals surface area contributed by atoms with E-state index in [-0.39, 0.29) is 0 Å². The van der Waals surface area contributed by atoms with Crippen molar-refractivity contribution in [1.82, 2.24) is 0 Å². The van der Waals surface area contributed by atoms with Crippen LogP contribution in [-0.4, -0.2) is 0 Å². The smallest absolute Gasteiger partial charge is 0.0111 e. The Morgan fingerprint density at radius 2 is 2.00 bits per heavy atom. The number of allylic oxidation sites excluding steroid dienone is 3. The zero-order chi connectivity index (χ0) is 8.85. The molecule has 64 valence electrons. The van der Waals surface area contributed by atoms with Crippen molar-refractivity contribution in [3.63, 3.8) is 0 Å². The first-order valence-electron chi connectivity index (χ1n) is 4.41. The topological polar surface area (TPSA) is 0 Å². The molecule has 0 heteroatoms. The molecule has 0 aromatic rings. The zero-order valence-electron chi connectivity index (χ0n) is 8.28. The van der Waals surface area contributed by atoms with Crippen LogP contribution < -0.4 is 0 Å². The fraction of sp³-hybridized carbons (Fsp3) is 0.636. The van der Waals surface area contributed by atoms with Crippen molar-refractivity contribution in [2.24, 2.45) is 5.92 Å². The molecule has 0 aliphatic heterocycles. The summed E-state index contributed by atoms with van der Waals surface area (Å²) in [7, 11) is 0. The molecular formula is C11H20. The molecule has 0 unspecified atom stereocenters. The summed E-state index contributed by atoms with van der Waals surface area (Å²) in [6, 6.07) is 0. The molecule has 0 aromatic heterocycles. The first kappa shape index (κ1) is 10.5. The Bertz CT molecular complexity index is 149. The van der Waals surface area contributed by atoms with Gasteiger partial charge in [-0.3, -0.25) is 0 Å². The monoisotopic (exact) mass is 152 g/mol. The second-order valence-corrected chi connectivity index (χ2v) is 3.48. The molecule has 0 bridgehead atoms. The molecule has 0 aliphatic rings. The van der Waals surface area contributed by atoms with Crippen LogP contribution in [0.5, 0.6) is 0 Å². The van der Waals surface area contributed by atoms with Crippen LogP contribution >= 0.6 is 0 Å². The fourth-order valence-electron chi connectivity index (χ4n) is 1.12. The SMILES string of the molecule is C=C(C)CC(=CCC)C(C)C. The highest BCUT2D eigenvalue weighted by atomic mass is 14.1. The molecule has 11 heavy (non-hydrogen) atoms. The molecule has 0 atom stereocenters. The second-order valence-electron chi connectivity index (χ2n) is 3.48. The van der Waals surface area contributed by atoms with E-state index in [1.807, 2.05) is 0 Å². The quantitative estimate of drug-likeness (QED) is 0.535. The molecule has 0 fully saturated rings. The van der Waals surface area contributed by atoms with Gasteiger partial charge in [-0.2, -0.15) is 0 Å². The molecule has 0 saturated heterocycles. The van der Waals surface area contributed by atoms with Crippen molar-refractivity contribution in [2.75, 3.05) is 0 Å². The third-order valence-electron chi connectivity index (χ3n) is 1.71. The van der Waals surface area contributed by atoms with Crippen molar-refractivity contribution < 1.29 is 0 Å². The van der Waals surface area contributed by atoms with Crippen LogP contribution in [0.25, 0.3) is 0 Å². The Kier molecular flexibility index (Phi) is 4.93. The lowest BCUT2D eigenvalue weighted by Gasteiger charge is -2.10. The summed E-state index contributed by atoms with van der Waals surface area (Å²) >= 11 is 0. The molecule has 0 spiro atoms. The standard InChI is InChI=1S/C11H20/c1-6-7-11(10(4)5)8-9(2)3/h7,10H,2,6,8H2,1,3-5H3. The minimum Gasteiger partial charge on any atom is -0.0998 e. The lowest BCUT2D eigenvalue weighted by atomic mass is 9.96. The Labute approximate surface area is 71.0 Å². The number of rotatable bonds is 4. The van der Waals surface area contributed by atoms with Crippen LogP contribution in [0, 0.1) is 5.92 Å². The first-order valence-corrected chi connectivity index (χ1v) is 4.41. The van der Waals surface area contributed by atoms with Crippen LogP contribution in [0.3, 0.4) is 0 Å². The van der Waals surface area contributed by atoms with E-state index in [2.05, 4.69) is 40.3 Å². The van der Waals surface area contributed by atoms with Crippen LogP contribution in [0.1, 0.15) is 40.5 Å². The summed E-state index contributed by atoms with van der Waals surface area (Å²) in [6.45, 7) is 12.7. The van der Waals surface area contributed by atoms with Gasteiger partial charge in [0, 0.05) is 0 Å². The van der Waals surface area contributed by atoms with Crippen molar-refractivity contribution in [2.45, 2.75) is 40.5 Å². The van der Waals surface area contributed by atoms with Crippen LogP contribution in [0.4, 0.5) is 0 Å². The predicted octanol–water partition coefficient (Wildman–Crippen LogP) is 3.95. The molecule has 0 amide bonds. The Hall–Kier alpha value is -0.520. The van der Waals surface area contributed by atoms with Gasteiger partial charge in [-0.1, -0.05) is 44.6 Å². The lowest BCUT2D eigenvalue weighted by Crippen LogP contribution is -1.94. The lowest BCUT2D eigenvalue weighted by molar-refractivity contribution is 0.732. The molecular weight excluding hydrogens is 132 g/mol. The summed E-state index contributed by atoms with van der Waals surface area (Å²) in [5, 5.41) is 0. The average molecular weight is 152 g/mol. The highest BCUT2D eigenvalue weighted by molar-refractivity contribution is 5.13. The van der Waals surface area contributed by atoms with Crippen molar-refractivity contribution in [3.8, 4) is 0 Å². The molecule has 0 N–H and O–H groups in total. The van der Waals surface area contributed by atoms with Gasteiger partial charge in [0.1, 0.15) is 0 Å². The normalized spacial score (nSPS) is 12.3. The highest BCUT2D eigenvalue weighted by Gasteiger charge is 2.01. The van der Waals surface area contributed by atoms with Crippen LogP contribution in [0.15, 0.2) is 23.8 Å². The maximum absolute atomic E-state index is 3.92. The Balaban J connectivity index is 4.11. The molecule has 0 aromatic carbocycles.